The van der Waals surface area contributed by atoms with Gasteiger partial charge in [-0.25, -0.2) is 0 Å². The lowest BCUT2D eigenvalue weighted by atomic mass is 9.74. The molecule has 4 saturated carbocycles. The third-order valence-corrected chi connectivity index (χ3v) is 12.7. The minimum atomic E-state index is -5.10. The zero-order valence-corrected chi connectivity index (χ0v) is 24.2. The van der Waals surface area contributed by atoms with Crippen molar-refractivity contribution < 1.29 is 28.9 Å². The highest BCUT2D eigenvalue weighted by atomic mass is 31.2. The molecule has 2 aliphatic heterocycles. The number of fused-ring (bicyclic) bond motifs is 2. The fourth-order valence-electron chi connectivity index (χ4n) is 8.87. The van der Waals surface area contributed by atoms with Crippen LogP contribution in [0.25, 0.3) is 0 Å². The Bertz CT molecular complexity index is 1040. The SMILES string of the molecule is CC(C)=C1CC[C@]23CO[C@H](C2)[C@@](O)(P(=O)([O-])[O-])CC[C@@H]13.CC(C)=C1CC[C@]23CO[C@H](C2)[C@](C)(N)CC[C@@H]13. The summed E-state index contributed by atoms with van der Waals surface area (Å²) in [5.41, 5.74) is 12.6. The smallest absolute Gasteiger partial charge is 0.117 e. The summed E-state index contributed by atoms with van der Waals surface area (Å²) in [7, 11) is -5.10. The van der Waals surface area contributed by atoms with Crippen LogP contribution in [0.2, 0.25) is 0 Å². The van der Waals surface area contributed by atoms with E-state index in [0.717, 1.165) is 31.8 Å². The van der Waals surface area contributed by atoms with Crippen molar-refractivity contribution in [2.45, 2.75) is 122 Å². The maximum Gasteiger partial charge on any atom is 0.117 e. The molecule has 7 nitrogen and oxygen atoms in total. The number of hydrogen-bond acceptors (Lipinski definition) is 7. The summed E-state index contributed by atoms with van der Waals surface area (Å²) in [6.45, 7) is 12.3. The Morgan fingerprint density at radius 2 is 1.32 bits per heavy atom. The second-order valence-corrected chi connectivity index (χ2v) is 15.6. The molecular weight excluding hydrogens is 489 g/mol. The molecule has 3 N–H and O–H groups in total. The van der Waals surface area contributed by atoms with E-state index in [4.69, 9.17) is 15.2 Å². The zero-order chi connectivity index (χ0) is 27.0. The van der Waals surface area contributed by atoms with Crippen LogP contribution in [0.5, 0.6) is 0 Å². The molecule has 0 aromatic rings. The lowest BCUT2D eigenvalue weighted by Crippen LogP contribution is -2.48. The molecule has 4 bridgehead atoms. The topological polar surface area (TPSA) is 128 Å². The maximum absolute atomic E-state index is 11.5. The molecule has 2 spiro atoms. The second-order valence-electron chi connectivity index (χ2n) is 13.8. The van der Waals surface area contributed by atoms with Crippen LogP contribution in [0.3, 0.4) is 0 Å². The molecule has 0 aromatic carbocycles. The van der Waals surface area contributed by atoms with E-state index in [1.165, 1.54) is 42.4 Å². The molecule has 37 heavy (non-hydrogen) atoms. The van der Waals surface area contributed by atoms with Crippen LogP contribution in [-0.4, -0.2) is 41.4 Å². The summed E-state index contributed by atoms with van der Waals surface area (Å²) in [6, 6.07) is 0. The third kappa shape index (κ3) is 4.45. The molecule has 210 valence electrons. The molecule has 2 heterocycles. The Morgan fingerprint density at radius 1 is 0.865 bits per heavy atom. The Kier molecular flexibility index (Phi) is 7.01. The number of allylic oxidation sites excluding steroid dienone is 4. The van der Waals surface area contributed by atoms with Crippen molar-refractivity contribution in [3.8, 4) is 0 Å². The lowest BCUT2D eigenvalue weighted by molar-refractivity contribution is -0.334. The Morgan fingerprint density at radius 3 is 1.81 bits per heavy atom. The number of aliphatic hydroxyl groups is 1. The van der Waals surface area contributed by atoms with Gasteiger partial charge in [-0.15, -0.1) is 0 Å². The van der Waals surface area contributed by atoms with Gasteiger partial charge < -0.3 is 34.7 Å². The van der Waals surface area contributed by atoms with E-state index in [-0.39, 0.29) is 23.3 Å². The summed E-state index contributed by atoms with van der Waals surface area (Å²) in [5.74, 6) is 1.00. The second kappa shape index (κ2) is 9.26. The summed E-state index contributed by atoms with van der Waals surface area (Å²) in [4.78, 5) is 23.0. The first-order chi connectivity index (χ1) is 17.1. The summed E-state index contributed by atoms with van der Waals surface area (Å²) < 4.78 is 23.2. The van der Waals surface area contributed by atoms with Crippen LogP contribution in [0.15, 0.2) is 22.3 Å². The van der Waals surface area contributed by atoms with E-state index in [1.807, 2.05) is 0 Å². The van der Waals surface area contributed by atoms with Crippen LogP contribution in [0, 0.1) is 22.7 Å². The fraction of sp³-hybridized carbons (Fsp3) is 0.862. The predicted octanol–water partition coefficient (Wildman–Crippen LogP) is 3.92. The first-order valence-corrected chi connectivity index (χ1v) is 15.8. The van der Waals surface area contributed by atoms with Crippen molar-refractivity contribution >= 4 is 7.60 Å². The number of hydrogen-bond donors (Lipinski definition) is 2. The predicted molar refractivity (Wildman–Crippen MR) is 139 cm³/mol. The Hall–Kier alpha value is -0.530. The van der Waals surface area contributed by atoms with Crippen LogP contribution >= 0.6 is 7.60 Å². The van der Waals surface area contributed by atoms with Crippen molar-refractivity contribution in [1.82, 2.24) is 0 Å². The van der Waals surface area contributed by atoms with Gasteiger partial charge in [0.15, 0.2) is 0 Å². The summed E-state index contributed by atoms with van der Waals surface area (Å²) in [5, 5.41) is 8.19. The monoisotopic (exact) mass is 535 g/mol. The van der Waals surface area contributed by atoms with E-state index < -0.39 is 19.0 Å². The molecule has 8 heteroatoms. The van der Waals surface area contributed by atoms with Crippen LogP contribution in [0.1, 0.15) is 98.8 Å². The molecule has 4 aliphatic carbocycles. The summed E-state index contributed by atoms with van der Waals surface area (Å²) in [6.07, 6.45) is 8.66. The van der Waals surface area contributed by atoms with Gasteiger partial charge in [-0.05, 0) is 118 Å². The lowest BCUT2D eigenvalue weighted by Gasteiger charge is -2.48. The van der Waals surface area contributed by atoms with Crippen molar-refractivity contribution in [2.24, 2.45) is 28.4 Å². The van der Waals surface area contributed by atoms with Gasteiger partial charge in [0.05, 0.1) is 25.4 Å². The standard InChI is InChI=1S/C15H25NO.C14H23O5P/c1-10(2)11-4-7-15-8-13(17-9-15)14(3,16)6-5-12(11)15;1-9(2)10-3-5-13-7-12(19-8-13)14(15,20(16,17)18)6-4-11(10)13/h12-13H,4-9,16H2,1-3H3;11-12,15H,3-8H2,1-2H3,(H2,16,17,18)/p-2/t12-,13+,14+,15+;11-,12+,13+,14-/m00/s1. The molecule has 0 amide bonds. The molecule has 8 atom stereocenters. The molecular formula is C29H46NO6P-2. The summed E-state index contributed by atoms with van der Waals surface area (Å²) >= 11 is 0. The highest BCUT2D eigenvalue weighted by molar-refractivity contribution is 7.50. The third-order valence-electron chi connectivity index (χ3n) is 11.2. The van der Waals surface area contributed by atoms with Gasteiger partial charge in [-0.2, -0.15) is 0 Å². The number of nitrogens with two attached hydrogens (primary N) is 1. The average Bonchev–Trinajstić information content (AvgIpc) is 3.55. The highest BCUT2D eigenvalue weighted by Gasteiger charge is 2.59. The average molecular weight is 536 g/mol. The minimum Gasteiger partial charge on any atom is -0.809 e. The van der Waals surface area contributed by atoms with Crippen LogP contribution < -0.4 is 15.5 Å². The van der Waals surface area contributed by atoms with Crippen LogP contribution in [0.4, 0.5) is 0 Å². The molecule has 2 saturated heterocycles. The van der Waals surface area contributed by atoms with E-state index in [2.05, 4.69) is 34.6 Å². The van der Waals surface area contributed by atoms with Gasteiger partial charge in [-0.1, -0.05) is 22.3 Å². The molecule has 6 aliphatic rings. The first-order valence-electron chi connectivity index (χ1n) is 14.2. The van der Waals surface area contributed by atoms with Gasteiger partial charge in [0.1, 0.15) is 5.34 Å². The maximum atomic E-state index is 11.5. The van der Waals surface area contributed by atoms with E-state index in [0.29, 0.717) is 31.0 Å². The number of rotatable bonds is 1. The van der Waals surface area contributed by atoms with Crippen molar-refractivity contribution in [1.29, 1.82) is 0 Å². The molecule has 0 radical (unpaired) electrons. The van der Waals surface area contributed by atoms with Gasteiger partial charge in [-0.3, -0.25) is 0 Å². The van der Waals surface area contributed by atoms with E-state index in [9.17, 15) is 19.5 Å². The minimum absolute atomic E-state index is 0.00879. The van der Waals surface area contributed by atoms with Gasteiger partial charge in [0.2, 0.25) is 0 Å². The number of ether oxygens (including phenoxy) is 2. The Labute approximate surface area is 222 Å². The van der Waals surface area contributed by atoms with Gasteiger partial charge in [0.25, 0.3) is 0 Å². The van der Waals surface area contributed by atoms with Crippen LogP contribution in [-0.2, 0) is 14.0 Å². The molecule has 0 aromatic heterocycles. The first kappa shape index (κ1) is 28.0. The van der Waals surface area contributed by atoms with Crippen molar-refractivity contribution in [3.05, 3.63) is 22.3 Å². The van der Waals surface area contributed by atoms with Gasteiger partial charge >= 0.3 is 0 Å². The normalized spacial score (nSPS) is 46.5. The van der Waals surface area contributed by atoms with Gasteiger partial charge in [0, 0.05) is 16.4 Å². The highest BCUT2D eigenvalue weighted by Crippen LogP contribution is 2.64. The fourth-order valence-corrected chi connectivity index (χ4v) is 9.79. The van der Waals surface area contributed by atoms with E-state index >= 15 is 0 Å². The zero-order valence-electron chi connectivity index (χ0n) is 23.3. The quantitative estimate of drug-likeness (QED) is 0.385. The largest absolute Gasteiger partial charge is 0.809 e. The molecule has 6 rings (SSSR count). The molecule has 6 fully saturated rings. The van der Waals surface area contributed by atoms with Crippen molar-refractivity contribution in [2.75, 3.05) is 13.2 Å². The Balaban J connectivity index is 0.000000153. The van der Waals surface area contributed by atoms with E-state index in [1.54, 1.807) is 5.57 Å². The molecule has 0 unspecified atom stereocenters. The van der Waals surface area contributed by atoms with Crippen molar-refractivity contribution in [3.63, 3.8) is 0 Å².